The molecule has 2 aromatic carbocycles. The molecule has 0 fully saturated rings. The number of benzene rings is 2. The molecule has 2 rings (SSSR count). The van der Waals surface area contributed by atoms with Gasteiger partial charge in [0.05, 0.1) is 12.0 Å². The van der Waals surface area contributed by atoms with E-state index in [1.807, 2.05) is 30.4 Å². The zero-order valence-corrected chi connectivity index (χ0v) is 11.1. The molecule has 0 atom stereocenters. The van der Waals surface area contributed by atoms with Crippen LogP contribution in [0.5, 0.6) is 0 Å². The van der Waals surface area contributed by atoms with Gasteiger partial charge < -0.3 is 4.90 Å². The second kappa shape index (κ2) is 5.50. The standard InChI is InChI=1S/C16H18N2/c1-13-6-4-8-15(10-13)17-12-18(3)16-9-5-7-14(2)11-16/h4-12H,1-3H3. The van der Waals surface area contributed by atoms with Crippen molar-refractivity contribution in [3.05, 3.63) is 59.7 Å². The van der Waals surface area contributed by atoms with Gasteiger partial charge in [0, 0.05) is 12.7 Å². The molecule has 0 spiro atoms. The Morgan fingerprint density at radius 2 is 1.61 bits per heavy atom. The average molecular weight is 238 g/mol. The maximum Gasteiger partial charge on any atom is 0.0954 e. The Balaban J connectivity index is 2.14. The van der Waals surface area contributed by atoms with E-state index in [1.54, 1.807) is 0 Å². The zero-order valence-electron chi connectivity index (χ0n) is 11.1. The lowest BCUT2D eigenvalue weighted by Gasteiger charge is -2.13. The number of hydrogen-bond acceptors (Lipinski definition) is 1. The summed E-state index contributed by atoms with van der Waals surface area (Å²) in [4.78, 5) is 6.50. The largest absolute Gasteiger partial charge is 0.336 e. The van der Waals surface area contributed by atoms with Crippen LogP contribution >= 0.6 is 0 Å². The van der Waals surface area contributed by atoms with Crippen molar-refractivity contribution in [1.82, 2.24) is 0 Å². The molecule has 2 heteroatoms. The normalized spacial score (nSPS) is 10.8. The second-order valence-electron chi connectivity index (χ2n) is 4.53. The van der Waals surface area contributed by atoms with Crippen LogP contribution in [0.25, 0.3) is 0 Å². The summed E-state index contributed by atoms with van der Waals surface area (Å²) in [6.07, 6.45) is 1.85. The van der Waals surface area contributed by atoms with Crippen LogP contribution in [0.1, 0.15) is 11.1 Å². The Labute approximate surface area is 109 Å². The van der Waals surface area contributed by atoms with Gasteiger partial charge in [-0.25, -0.2) is 4.99 Å². The number of rotatable bonds is 3. The van der Waals surface area contributed by atoms with E-state index in [2.05, 4.69) is 55.2 Å². The highest BCUT2D eigenvalue weighted by Crippen LogP contribution is 2.15. The van der Waals surface area contributed by atoms with Gasteiger partial charge in [-0.1, -0.05) is 24.3 Å². The number of nitrogens with zero attached hydrogens (tertiary/aromatic N) is 2. The number of aryl methyl sites for hydroxylation is 2. The molecule has 0 saturated heterocycles. The first-order chi connectivity index (χ1) is 8.65. The first-order valence-corrected chi connectivity index (χ1v) is 6.05. The van der Waals surface area contributed by atoms with Crippen molar-refractivity contribution in [2.75, 3.05) is 11.9 Å². The van der Waals surface area contributed by atoms with E-state index in [1.165, 1.54) is 11.1 Å². The average Bonchev–Trinajstić information content (AvgIpc) is 2.36. The van der Waals surface area contributed by atoms with Crippen molar-refractivity contribution >= 4 is 17.7 Å². The lowest BCUT2D eigenvalue weighted by Crippen LogP contribution is -2.13. The van der Waals surface area contributed by atoms with Crippen molar-refractivity contribution in [2.45, 2.75) is 13.8 Å². The van der Waals surface area contributed by atoms with E-state index in [0.29, 0.717) is 0 Å². The van der Waals surface area contributed by atoms with E-state index in [4.69, 9.17) is 0 Å². The minimum atomic E-state index is 0.981. The minimum absolute atomic E-state index is 0.981. The molecular weight excluding hydrogens is 220 g/mol. The maximum atomic E-state index is 4.47. The third-order valence-corrected chi connectivity index (χ3v) is 2.79. The topological polar surface area (TPSA) is 15.6 Å². The van der Waals surface area contributed by atoms with Gasteiger partial charge in [-0.3, -0.25) is 0 Å². The molecular formula is C16H18N2. The lowest BCUT2D eigenvalue weighted by atomic mass is 10.2. The molecule has 0 aromatic heterocycles. The fourth-order valence-electron chi connectivity index (χ4n) is 1.78. The summed E-state index contributed by atoms with van der Waals surface area (Å²) >= 11 is 0. The molecule has 0 saturated carbocycles. The highest BCUT2D eigenvalue weighted by molar-refractivity contribution is 5.80. The number of anilines is 1. The molecule has 18 heavy (non-hydrogen) atoms. The number of hydrogen-bond donors (Lipinski definition) is 0. The van der Waals surface area contributed by atoms with Crippen molar-refractivity contribution in [3.8, 4) is 0 Å². The smallest absolute Gasteiger partial charge is 0.0954 e. The Hall–Kier alpha value is -2.09. The highest BCUT2D eigenvalue weighted by Gasteiger charge is 1.97. The van der Waals surface area contributed by atoms with Gasteiger partial charge in [-0.2, -0.15) is 0 Å². The summed E-state index contributed by atoms with van der Waals surface area (Å²) in [7, 11) is 2.01. The van der Waals surface area contributed by atoms with Gasteiger partial charge in [0.15, 0.2) is 0 Å². The molecule has 0 aliphatic heterocycles. The molecule has 2 aromatic rings. The fourth-order valence-corrected chi connectivity index (χ4v) is 1.78. The Morgan fingerprint density at radius 1 is 0.944 bits per heavy atom. The molecule has 0 unspecified atom stereocenters. The SMILES string of the molecule is Cc1cccc(N=CN(C)c2cccc(C)c2)c1. The van der Waals surface area contributed by atoms with Gasteiger partial charge in [-0.05, 0) is 49.2 Å². The predicted octanol–water partition coefficient (Wildman–Crippen LogP) is 4.10. The van der Waals surface area contributed by atoms with E-state index >= 15 is 0 Å². The van der Waals surface area contributed by atoms with Gasteiger partial charge in [0.2, 0.25) is 0 Å². The quantitative estimate of drug-likeness (QED) is 0.580. The van der Waals surface area contributed by atoms with Gasteiger partial charge in [0.1, 0.15) is 0 Å². The van der Waals surface area contributed by atoms with Crippen LogP contribution in [0.4, 0.5) is 11.4 Å². The van der Waals surface area contributed by atoms with E-state index in [-0.39, 0.29) is 0 Å². The van der Waals surface area contributed by atoms with Crippen LogP contribution in [0.2, 0.25) is 0 Å². The Morgan fingerprint density at radius 3 is 2.28 bits per heavy atom. The first kappa shape index (κ1) is 12.4. The van der Waals surface area contributed by atoms with Crippen molar-refractivity contribution in [1.29, 1.82) is 0 Å². The molecule has 2 nitrogen and oxygen atoms in total. The van der Waals surface area contributed by atoms with Crippen molar-refractivity contribution in [2.24, 2.45) is 4.99 Å². The molecule has 0 bridgehead atoms. The summed E-state index contributed by atoms with van der Waals surface area (Å²) in [6.45, 7) is 4.17. The summed E-state index contributed by atoms with van der Waals surface area (Å²) in [5.41, 5.74) is 4.60. The summed E-state index contributed by atoms with van der Waals surface area (Å²) in [5.74, 6) is 0. The van der Waals surface area contributed by atoms with E-state index in [0.717, 1.165) is 11.4 Å². The molecule has 0 radical (unpaired) electrons. The summed E-state index contributed by atoms with van der Waals surface area (Å²) in [6, 6.07) is 16.5. The van der Waals surface area contributed by atoms with Crippen LogP contribution in [-0.2, 0) is 0 Å². The molecule has 0 N–H and O–H groups in total. The van der Waals surface area contributed by atoms with Crippen molar-refractivity contribution in [3.63, 3.8) is 0 Å². The molecule has 92 valence electrons. The van der Waals surface area contributed by atoms with Crippen LogP contribution in [-0.4, -0.2) is 13.4 Å². The number of aliphatic imine (C=N–C) groups is 1. The minimum Gasteiger partial charge on any atom is -0.336 e. The summed E-state index contributed by atoms with van der Waals surface area (Å²) in [5, 5.41) is 0. The van der Waals surface area contributed by atoms with Crippen LogP contribution in [0.3, 0.4) is 0 Å². The molecule has 0 amide bonds. The summed E-state index contributed by atoms with van der Waals surface area (Å²) < 4.78 is 0. The van der Waals surface area contributed by atoms with Gasteiger partial charge in [-0.15, -0.1) is 0 Å². The van der Waals surface area contributed by atoms with Crippen LogP contribution in [0, 0.1) is 13.8 Å². The lowest BCUT2D eigenvalue weighted by molar-refractivity contribution is 1.27. The van der Waals surface area contributed by atoms with E-state index < -0.39 is 0 Å². The molecule has 0 aliphatic carbocycles. The third kappa shape index (κ3) is 3.20. The van der Waals surface area contributed by atoms with Gasteiger partial charge >= 0.3 is 0 Å². The van der Waals surface area contributed by atoms with Crippen molar-refractivity contribution < 1.29 is 0 Å². The van der Waals surface area contributed by atoms with Crippen LogP contribution in [0.15, 0.2) is 53.5 Å². The highest BCUT2D eigenvalue weighted by atomic mass is 15.1. The van der Waals surface area contributed by atoms with Crippen LogP contribution < -0.4 is 4.90 Å². The monoisotopic (exact) mass is 238 g/mol. The third-order valence-electron chi connectivity index (χ3n) is 2.79. The second-order valence-corrected chi connectivity index (χ2v) is 4.53. The zero-order chi connectivity index (χ0) is 13.0. The van der Waals surface area contributed by atoms with Gasteiger partial charge in [0.25, 0.3) is 0 Å². The van der Waals surface area contributed by atoms with E-state index in [9.17, 15) is 0 Å². The maximum absolute atomic E-state index is 4.47. The Kier molecular flexibility index (Phi) is 3.78. The predicted molar refractivity (Wildman–Crippen MR) is 78.9 cm³/mol. The molecule has 0 heterocycles. The first-order valence-electron chi connectivity index (χ1n) is 6.05. The molecule has 0 aliphatic rings. The fraction of sp³-hybridized carbons (Fsp3) is 0.188. The Bertz CT molecular complexity index is 559.